The maximum Gasteiger partial charge on any atom is 0.169 e. The molecular weight excluding hydrogens is 230 g/mol. The topological polar surface area (TPSA) is 25.2 Å². The lowest BCUT2D eigenvalue weighted by molar-refractivity contribution is 0.531. The van der Waals surface area contributed by atoms with Gasteiger partial charge >= 0.3 is 0 Å². The highest BCUT2D eigenvalue weighted by molar-refractivity contribution is 9.10. The summed E-state index contributed by atoms with van der Waals surface area (Å²) in [4.78, 5) is 0. The lowest BCUT2D eigenvalue weighted by atomic mass is 10.2. The zero-order valence-electron chi connectivity index (χ0n) is 7.93. The van der Waals surface area contributed by atoms with Crippen molar-refractivity contribution >= 4 is 22.0 Å². The Labute approximate surface area is 87.1 Å². The Morgan fingerprint density at radius 2 is 2.38 bits per heavy atom. The molecule has 2 nitrogen and oxygen atoms in total. The predicted molar refractivity (Wildman–Crippen MR) is 58.6 cm³/mol. The molecule has 0 saturated carbocycles. The van der Waals surface area contributed by atoms with E-state index in [-0.39, 0.29) is 0 Å². The zero-order chi connectivity index (χ0) is 9.68. The summed E-state index contributed by atoms with van der Waals surface area (Å²) in [6.45, 7) is 6.08. The Bertz CT molecular complexity index is 291. The van der Waals surface area contributed by atoms with Crippen LogP contribution in [0.2, 0.25) is 0 Å². The summed E-state index contributed by atoms with van der Waals surface area (Å²) >= 11 is 3.26. The van der Waals surface area contributed by atoms with Gasteiger partial charge in [-0.05, 0) is 47.6 Å². The van der Waals surface area contributed by atoms with E-state index in [2.05, 4.69) is 35.1 Å². The average molecular weight is 244 g/mol. The minimum atomic E-state index is 0.773. The van der Waals surface area contributed by atoms with Crippen molar-refractivity contribution in [3.8, 4) is 0 Å². The van der Waals surface area contributed by atoms with Crippen molar-refractivity contribution in [2.45, 2.75) is 13.8 Å². The van der Waals surface area contributed by atoms with Gasteiger partial charge in [0.25, 0.3) is 0 Å². The minimum Gasteiger partial charge on any atom is -0.450 e. The monoisotopic (exact) mass is 243 g/mol. The first-order valence-electron chi connectivity index (χ1n) is 4.35. The lowest BCUT2D eigenvalue weighted by Crippen LogP contribution is -2.14. The highest BCUT2D eigenvalue weighted by Gasteiger charge is 1.96. The molecule has 1 aromatic heterocycles. The third-order valence-electron chi connectivity index (χ3n) is 1.64. The Hall–Kier alpha value is -0.540. The quantitative estimate of drug-likeness (QED) is 0.880. The highest BCUT2D eigenvalue weighted by Crippen LogP contribution is 2.16. The molecule has 0 unspecified atom stereocenters. The molecule has 0 aliphatic carbocycles. The van der Waals surface area contributed by atoms with Crippen molar-refractivity contribution in [3.63, 3.8) is 0 Å². The van der Waals surface area contributed by atoms with Gasteiger partial charge in [-0.2, -0.15) is 0 Å². The van der Waals surface area contributed by atoms with Crippen LogP contribution in [0.4, 0.5) is 0 Å². The molecule has 0 amide bonds. The molecule has 72 valence electrons. The van der Waals surface area contributed by atoms with Crippen LogP contribution in [0.15, 0.2) is 26.8 Å². The molecule has 0 saturated heterocycles. The van der Waals surface area contributed by atoms with Crippen molar-refractivity contribution < 1.29 is 4.42 Å². The van der Waals surface area contributed by atoms with Crippen LogP contribution in [0.1, 0.15) is 19.6 Å². The van der Waals surface area contributed by atoms with Crippen LogP contribution in [0.25, 0.3) is 6.08 Å². The third kappa shape index (κ3) is 3.79. The molecule has 3 heteroatoms. The summed E-state index contributed by atoms with van der Waals surface area (Å²) in [6.07, 6.45) is 2.04. The Morgan fingerprint density at radius 3 is 2.92 bits per heavy atom. The number of hydrogen-bond acceptors (Lipinski definition) is 2. The molecule has 1 heterocycles. The molecule has 0 aliphatic heterocycles. The van der Waals surface area contributed by atoms with Gasteiger partial charge in [0.1, 0.15) is 5.76 Å². The summed E-state index contributed by atoms with van der Waals surface area (Å²) in [5.74, 6) is 0.891. The second kappa shape index (κ2) is 5.25. The first-order chi connectivity index (χ1) is 6.22. The lowest BCUT2D eigenvalue weighted by Gasteiger charge is -1.99. The van der Waals surface area contributed by atoms with E-state index in [4.69, 9.17) is 4.42 Å². The number of hydrogen-bond donors (Lipinski definition) is 1. The standard InChI is InChI=1S/C10H14BrNO/c1-3-12-7-8(2)6-9-4-5-10(11)13-9/h4-6,12H,3,7H2,1-2H3. The number of halogens is 1. The Balaban J connectivity index is 2.54. The molecule has 0 fully saturated rings. The van der Waals surface area contributed by atoms with Gasteiger partial charge in [0.2, 0.25) is 0 Å². The van der Waals surface area contributed by atoms with Crippen LogP contribution in [0.5, 0.6) is 0 Å². The molecule has 0 bridgehead atoms. The molecule has 1 N–H and O–H groups in total. The molecule has 1 aromatic rings. The molecule has 1 rings (SSSR count). The summed E-state index contributed by atoms with van der Waals surface area (Å²) in [5.41, 5.74) is 1.27. The predicted octanol–water partition coefficient (Wildman–Crippen LogP) is 3.05. The fraction of sp³-hybridized carbons (Fsp3) is 0.400. The maximum absolute atomic E-state index is 5.35. The van der Waals surface area contributed by atoms with E-state index in [1.807, 2.05) is 18.2 Å². The van der Waals surface area contributed by atoms with Gasteiger partial charge in [-0.15, -0.1) is 0 Å². The van der Waals surface area contributed by atoms with Crippen LogP contribution in [-0.4, -0.2) is 13.1 Å². The van der Waals surface area contributed by atoms with E-state index < -0.39 is 0 Å². The van der Waals surface area contributed by atoms with Gasteiger partial charge < -0.3 is 9.73 Å². The summed E-state index contributed by atoms with van der Waals surface area (Å²) < 4.78 is 6.12. The molecule has 13 heavy (non-hydrogen) atoms. The first kappa shape index (κ1) is 10.5. The van der Waals surface area contributed by atoms with Gasteiger partial charge in [-0.1, -0.05) is 12.5 Å². The van der Waals surface area contributed by atoms with Crippen molar-refractivity contribution in [2.75, 3.05) is 13.1 Å². The molecule has 0 spiro atoms. The fourth-order valence-corrected chi connectivity index (χ4v) is 1.34. The van der Waals surface area contributed by atoms with Crippen molar-refractivity contribution in [1.82, 2.24) is 5.32 Å². The van der Waals surface area contributed by atoms with E-state index in [0.29, 0.717) is 0 Å². The SMILES string of the molecule is CCNCC(C)=Cc1ccc(Br)o1. The largest absolute Gasteiger partial charge is 0.450 e. The normalized spacial score (nSPS) is 12.1. The summed E-state index contributed by atoms with van der Waals surface area (Å²) in [7, 11) is 0. The van der Waals surface area contributed by atoms with E-state index in [1.165, 1.54) is 5.57 Å². The minimum absolute atomic E-state index is 0.773. The van der Waals surface area contributed by atoms with Gasteiger partial charge in [0, 0.05) is 6.54 Å². The van der Waals surface area contributed by atoms with E-state index in [1.54, 1.807) is 0 Å². The first-order valence-corrected chi connectivity index (χ1v) is 5.15. The van der Waals surface area contributed by atoms with Crippen LogP contribution >= 0.6 is 15.9 Å². The van der Waals surface area contributed by atoms with Gasteiger partial charge in [-0.25, -0.2) is 0 Å². The third-order valence-corrected chi connectivity index (χ3v) is 2.06. The number of furan rings is 1. The second-order valence-electron chi connectivity index (χ2n) is 2.91. The fourth-order valence-electron chi connectivity index (χ4n) is 1.02. The van der Waals surface area contributed by atoms with Crippen LogP contribution in [0, 0.1) is 0 Å². The van der Waals surface area contributed by atoms with Gasteiger partial charge in [0.15, 0.2) is 4.67 Å². The van der Waals surface area contributed by atoms with Crippen LogP contribution in [0.3, 0.4) is 0 Å². The molecule has 0 radical (unpaired) electrons. The maximum atomic E-state index is 5.35. The molecule has 0 aliphatic rings. The van der Waals surface area contributed by atoms with Gasteiger partial charge in [-0.3, -0.25) is 0 Å². The Kier molecular flexibility index (Phi) is 4.25. The molecule has 0 aromatic carbocycles. The van der Waals surface area contributed by atoms with Crippen LogP contribution in [-0.2, 0) is 0 Å². The number of nitrogens with one attached hydrogen (secondary N) is 1. The van der Waals surface area contributed by atoms with Gasteiger partial charge in [0.05, 0.1) is 0 Å². The highest BCUT2D eigenvalue weighted by atomic mass is 79.9. The van der Waals surface area contributed by atoms with Crippen LogP contribution < -0.4 is 5.32 Å². The Morgan fingerprint density at radius 1 is 1.62 bits per heavy atom. The zero-order valence-corrected chi connectivity index (χ0v) is 9.52. The van der Waals surface area contributed by atoms with E-state index >= 15 is 0 Å². The molecular formula is C10H14BrNO. The second-order valence-corrected chi connectivity index (χ2v) is 3.69. The van der Waals surface area contributed by atoms with Crippen molar-refractivity contribution in [3.05, 3.63) is 28.1 Å². The summed E-state index contributed by atoms with van der Waals surface area (Å²) in [5, 5.41) is 3.25. The summed E-state index contributed by atoms with van der Waals surface area (Å²) in [6, 6.07) is 3.84. The van der Waals surface area contributed by atoms with Crippen molar-refractivity contribution in [1.29, 1.82) is 0 Å². The van der Waals surface area contributed by atoms with E-state index in [0.717, 1.165) is 23.5 Å². The van der Waals surface area contributed by atoms with Crippen molar-refractivity contribution in [2.24, 2.45) is 0 Å². The average Bonchev–Trinajstić information content (AvgIpc) is 2.48. The molecule has 0 atom stereocenters. The smallest absolute Gasteiger partial charge is 0.169 e. The number of rotatable bonds is 4. The van der Waals surface area contributed by atoms with E-state index in [9.17, 15) is 0 Å². The number of likely N-dealkylation sites (N-methyl/N-ethyl adjacent to an activating group) is 1.